The number of nitrogens with one attached hydrogen (secondary N) is 2. The quantitative estimate of drug-likeness (QED) is 0.0977. The maximum atomic E-state index is 14.6. The van der Waals surface area contributed by atoms with E-state index >= 15 is 0 Å². The van der Waals surface area contributed by atoms with Crippen LogP contribution < -0.4 is 10.6 Å². The fourth-order valence-corrected chi connectivity index (χ4v) is 14.8. The van der Waals surface area contributed by atoms with Gasteiger partial charge in [0, 0.05) is 25.3 Å². The topological polar surface area (TPSA) is 111 Å². The molecule has 6 rings (SSSR count). The van der Waals surface area contributed by atoms with Crippen molar-refractivity contribution in [1.29, 1.82) is 0 Å². The third-order valence-corrected chi connectivity index (χ3v) is 17.8. The van der Waals surface area contributed by atoms with E-state index in [1.54, 1.807) is 13.8 Å². The molecule has 1 unspecified atom stereocenters. The van der Waals surface area contributed by atoms with Crippen molar-refractivity contribution in [1.82, 2.24) is 10.6 Å². The van der Waals surface area contributed by atoms with Crippen molar-refractivity contribution in [3.8, 4) is 0 Å². The van der Waals surface area contributed by atoms with Crippen LogP contribution in [0.15, 0.2) is 42.5 Å². The fourth-order valence-electron chi connectivity index (χ4n) is 14.8. The van der Waals surface area contributed by atoms with Gasteiger partial charge in [0.1, 0.15) is 6.10 Å². The van der Waals surface area contributed by atoms with Crippen molar-refractivity contribution < 1.29 is 28.7 Å². The van der Waals surface area contributed by atoms with Gasteiger partial charge in [-0.3, -0.25) is 19.2 Å². The first kappa shape index (κ1) is 45.4. The maximum absolute atomic E-state index is 14.6. The molecule has 0 saturated heterocycles. The maximum Gasteiger partial charge on any atom is 0.308 e. The van der Waals surface area contributed by atoms with Crippen LogP contribution >= 0.6 is 0 Å². The highest BCUT2D eigenvalue weighted by molar-refractivity contribution is 5.84. The third kappa shape index (κ3) is 8.55. The predicted octanol–water partition coefficient (Wildman–Crippen LogP) is 10.8. The number of esters is 2. The van der Waals surface area contributed by atoms with Gasteiger partial charge >= 0.3 is 11.9 Å². The highest BCUT2D eigenvalue weighted by Gasteiger charge is 2.72. The number of fused-ring (bicyclic) bond motifs is 7. The molecule has 8 heteroatoms. The zero-order valence-corrected chi connectivity index (χ0v) is 38.0. The molecule has 5 fully saturated rings. The van der Waals surface area contributed by atoms with E-state index in [0.29, 0.717) is 49.2 Å². The summed E-state index contributed by atoms with van der Waals surface area (Å²) in [6.07, 6.45) is 16.2. The zero-order chi connectivity index (χ0) is 42.8. The predicted molar refractivity (Wildman–Crippen MR) is 234 cm³/mol. The minimum atomic E-state index is -0.399. The Morgan fingerprint density at radius 1 is 0.797 bits per heavy atom. The van der Waals surface area contributed by atoms with Crippen molar-refractivity contribution >= 4 is 23.8 Å². The second-order valence-corrected chi connectivity index (χ2v) is 21.1. The Hall–Kier alpha value is -3.16. The van der Waals surface area contributed by atoms with Crippen LogP contribution in [0.25, 0.3) is 0 Å². The molecular weight excluding hydrogens is 737 g/mol. The van der Waals surface area contributed by atoms with Gasteiger partial charge in [0.05, 0.1) is 24.5 Å². The van der Waals surface area contributed by atoms with Gasteiger partial charge in [0.15, 0.2) is 0 Å². The Labute approximate surface area is 356 Å². The molecule has 11 atom stereocenters. The molecule has 5 saturated carbocycles. The summed E-state index contributed by atoms with van der Waals surface area (Å²) in [6, 6.07) is 9.21. The molecule has 328 valence electrons. The zero-order valence-electron chi connectivity index (χ0n) is 38.0. The summed E-state index contributed by atoms with van der Waals surface area (Å²) in [7, 11) is 0. The Balaban J connectivity index is 1.03. The molecular formula is C51H78N2O6. The number of carbonyl (C=O) groups is 4. The standard InChI is InChI=1S/C51H78N2O6/c1-10-58-44(56)33-39(36-19-15-14-16-20-36)53-43(55)21-17-12-11-13-18-32-52-46(57)51-29-24-37(34(2)3)45(51)38-22-23-41-48(7)27-26-42(59-35(4)54)47(5,6)40(48)25-28-50(41,9)49(38,8)30-31-51/h14-16,19-20,37-42,45H,2,10-13,17-18,21-33H2,1,3-9H3,(H,52,57)(H,53,55)/t37-,38+,39?,40-,41+,42-,45+,48-,49+,50+,51-/m0/s1. The summed E-state index contributed by atoms with van der Waals surface area (Å²) >= 11 is 0. The molecule has 0 aliphatic heterocycles. The molecule has 5 aliphatic rings. The Morgan fingerprint density at radius 2 is 1.51 bits per heavy atom. The van der Waals surface area contributed by atoms with Gasteiger partial charge in [0.2, 0.25) is 11.8 Å². The van der Waals surface area contributed by atoms with Crippen LogP contribution in [0, 0.1) is 56.7 Å². The Morgan fingerprint density at radius 3 is 2.20 bits per heavy atom. The molecule has 1 aromatic rings. The number of carbonyl (C=O) groups excluding carboxylic acids is 4. The van der Waals surface area contributed by atoms with E-state index in [0.717, 1.165) is 76.2 Å². The number of amides is 2. The minimum Gasteiger partial charge on any atom is -0.466 e. The van der Waals surface area contributed by atoms with Gasteiger partial charge in [-0.05, 0) is 142 Å². The summed E-state index contributed by atoms with van der Waals surface area (Å²) < 4.78 is 11.1. The van der Waals surface area contributed by atoms with Crippen LogP contribution in [0.3, 0.4) is 0 Å². The van der Waals surface area contributed by atoms with E-state index in [4.69, 9.17) is 9.47 Å². The van der Waals surface area contributed by atoms with E-state index < -0.39 is 6.04 Å². The number of ether oxygens (including phenoxy) is 2. The summed E-state index contributed by atoms with van der Waals surface area (Å²) in [5, 5.41) is 6.54. The lowest BCUT2D eigenvalue weighted by atomic mass is 9.32. The van der Waals surface area contributed by atoms with Gasteiger partial charge < -0.3 is 20.1 Å². The second-order valence-electron chi connectivity index (χ2n) is 21.1. The van der Waals surface area contributed by atoms with Crippen molar-refractivity contribution in [3.05, 3.63) is 48.0 Å². The molecule has 0 heterocycles. The van der Waals surface area contributed by atoms with Gasteiger partial charge in [0.25, 0.3) is 0 Å². The molecule has 5 aliphatic carbocycles. The summed E-state index contributed by atoms with van der Waals surface area (Å²) in [5.41, 5.74) is 2.35. The number of unbranched alkanes of at least 4 members (excludes halogenated alkanes) is 4. The van der Waals surface area contributed by atoms with Crippen molar-refractivity contribution in [3.63, 3.8) is 0 Å². The first-order chi connectivity index (χ1) is 27.9. The van der Waals surface area contributed by atoms with E-state index in [1.165, 1.54) is 31.3 Å². The smallest absolute Gasteiger partial charge is 0.308 e. The van der Waals surface area contributed by atoms with Crippen molar-refractivity contribution in [2.75, 3.05) is 13.2 Å². The third-order valence-electron chi connectivity index (χ3n) is 17.8. The first-order valence-electron chi connectivity index (χ1n) is 23.6. The van der Waals surface area contributed by atoms with Crippen LogP contribution in [0.1, 0.15) is 176 Å². The minimum absolute atomic E-state index is 0.0128. The first-order valence-corrected chi connectivity index (χ1v) is 23.6. The van der Waals surface area contributed by atoms with Gasteiger partial charge in [-0.2, -0.15) is 0 Å². The SMILES string of the molecule is C=C(C)[C@@H]1CC[C@]2(C(=O)NCCCCCCCC(=O)NC(CC(=O)OCC)c3ccccc3)CC[C@]3(C)[C@H](CC[C@@H]4[C@@]5(C)CC[C@H](OC(C)=O)C(C)(C)[C@@H]5CC[C@]43C)[C@@H]12. The summed E-state index contributed by atoms with van der Waals surface area (Å²) in [5.74, 6) is 2.14. The summed E-state index contributed by atoms with van der Waals surface area (Å²) in [4.78, 5) is 51.8. The lowest BCUT2D eigenvalue weighted by Crippen LogP contribution is -2.67. The summed E-state index contributed by atoms with van der Waals surface area (Å²) in [6.45, 7) is 23.7. The molecule has 0 bridgehead atoms. The van der Waals surface area contributed by atoms with Gasteiger partial charge in [-0.1, -0.05) is 96.4 Å². The highest BCUT2D eigenvalue weighted by Crippen LogP contribution is 2.77. The number of rotatable bonds is 16. The van der Waals surface area contributed by atoms with Gasteiger partial charge in [-0.25, -0.2) is 0 Å². The molecule has 2 amide bonds. The van der Waals surface area contributed by atoms with Crippen LogP contribution in [-0.4, -0.2) is 43.0 Å². The average molecular weight is 815 g/mol. The van der Waals surface area contributed by atoms with Crippen LogP contribution in [0.5, 0.6) is 0 Å². The van der Waals surface area contributed by atoms with E-state index in [-0.39, 0.29) is 63.4 Å². The average Bonchev–Trinajstić information content (AvgIpc) is 3.59. The lowest BCUT2D eigenvalue weighted by Gasteiger charge is -2.72. The molecule has 8 nitrogen and oxygen atoms in total. The molecule has 59 heavy (non-hydrogen) atoms. The van der Waals surface area contributed by atoms with E-state index in [1.807, 2.05) is 30.3 Å². The molecule has 0 spiro atoms. The monoisotopic (exact) mass is 815 g/mol. The Bertz CT molecular complexity index is 1690. The number of hydrogen-bond donors (Lipinski definition) is 2. The molecule has 2 N–H and O–H groups in total. The molecule has 0 aromatic heterocycles. The second kappa shape index (κ2) is 18.1. The number of allylic oxidation sites excluding steroid dienone is 1. The van der Waals surface area contributed by atoms with Crippen LogP contribution in [0.4, 0.5) is 0 Å². The van der Waals surface area contributed by atoms with Crippen LogP contribution in [0.2, 0.25) is 0 Å². The highest BCUT2D eigenvalue weighted by atomic mass is 16.5. The lowest BCUT2D eigenvalue weighted by molar-refractivity contribution is -0.248. The number of hydrogen-bond acceptors (Lipinski definition) is 6. The number of benzene rings is 1. The van der Waals surface area contributed by atoms with Crippen LogP contribution in [-0.2, 0) is 28.7 Å². The van der Waals surface area contributed by atoms with E-state index in [2.05, 4.69) is 58.8 Å². The van der Waals surface area contributed by atoms with Gasteiger partial charge in [-0.15, -0.1) is 0 Å². The van der Waals surface area contributed by atoms with Crippen molar-refractivity contribution in [2.45, 2.75) is 177 Å². The van der Waals surface area contributed by atoms with E-state index in [9.17, 15) is 19.2 Å². The molecule has 0 radical (unpaired) electrons. The fraction of sp³-hybridized carbons (Fsp3) is 0.765. The molecule has 1 aromatic carbocycles. The van der Waals surface area contributed by atoms with Crippen molar-refractivity contribution in [2.24, 2.45) is 56.7 Å². The normalized spacial score (nSPS) is 36.1. The Kier molecular flexibility index (Phi) is 13.9. The largest absolute Gasteiger partial charge is 0.466 e.